The number of aryl methyl sites for hydroxylation is 1. The zero-order chi connectivity index (χ0) is 14.8. The Morgan fingerprint density at radius 1 is 1.10 bits per heavy atom. The fourth-order valence-electron chi connectivity index (χ4n) is 2.21. The second-order valence-corrected chi connectivity index (χ2v) is 7.20. The minimum Gasteiger partial charge on any atom is -0.356 e. The molecule has 0 aliphatic heterocycles. The highest BCUT2D eigenvalue weighted by Gasteiger charge is 2.30. The fourth-order valence-corrected chi connectivity index (χ4v) is 4.09. The molecule has 0 saturated carbocycles. The topological polar surface area (TPSA) is 61.8 Å². The summed E-state index contributed by atoms with van der Waals surface area (Å²) in [6.07, 6.45) is 0. The van der Waals surface area contributed by atoms with E-state index < -0.39 is 15.1 Å². The van der Waals surface area contributed by atoms with Crippen molar-refractivity contribution >= 4 is 21.4 Å². The van der Waals surface area contributed by atoms with Crippen molar-refractivity contribution in [1.82, 2.24) is 0 Å². The summed E-state index contributed by atoms with van der Waals surface area (Å²) in [6, 6.07) is 13.8. The van der Waals surface area contributed by atoms with Gasteiger partial charge in [0, 0.05) is 5.02 Å². The van der Waals surface area contributed by atoms with E-state index in [-0.39, 0.29) is 11.4 Å². The van der Waals surface area contributed by atoms with E-state index in [4.69, 9.17) is 11.6 Å². The largest absolute Gasteiger partial charge is 0.356 e. The van der Waals surface area contributed by atoms with E-state index in [0.29, 0.717) is 5.02 Å². The lowest BCUT2D eigenvalue weighted by molar-refractivity contribution is -0.367. The summed E-state index contributed by atoms with van der Waals surface area (Å²) in [4.78, 5) is 0.277. The summed E-state index contributed by atoms with van der Waals surface area (Å²) in [5.74, 6) is 0. The van der Waals surface area contributed by atoms with Crippen LogP contribution in [-0.2, 0) is 9.84 Å². The summed E-state index contributed by atoms with van der Waals surface area (Å²) >= 11 is 5.81. The smallest absolute Gasteiger partial charge is 0.190 e. The average Bonchev–Trinajstić information content (AvgIpc) is 2.42. The lowest BCUT2D eigenvalue weighted by Crippen LogP contribution is -2.54. The van der Waals surface area contributed by atoms with Crippen LogP contribution in [-0.4, -0.2) is 15.0 Å². The third kappa shape index (κ3) is 2.87. The van der Waals surface area contributed by atoms with Crippen LogP contribution in [0.5, 0.6) is 0 Å². The van der Waals surface area contributed by atoms with Crippen molar-refractivity contribution in [2.45, 2.75) is 17.1 Å². The van der Waals surface area contributed by atoms with Crippen LogP contribution in [0.3, 0.4) is 0 Å². The molecule has 0 aliphatic carbocycles. The molecule has 0 aromatic heterocycles. The van der Waals surface area contributed by atoms with Gasteiger partial charge in [0.1, 0.15) is 5.25 Å². The predicted molar refractivity (Wildman–Crippen MR) is 80.3 cm³/mol. The molecule has 0 amide bonds. The Labute approximate surface area is 124 Å². The fraction of sp³-hybridized carbons (Fsp3) is 0.200. The second kappa shape index (κ2) is 5.95. The maximum Gasteiger partial charge on any atom is 0.190 e. The number of sulfone groups is 1. The van der Waals surface area contributed by atoms with Crippen LogP contribution in [0.1, 0.15) is 16.4 Å². The first-order valence-electron chi connectivity index (χ1n) is 6.31. The molecule has 0 radical (unpaired) electrons. The normalized spacial score (nSPS) is 13.2. The van der Waals surface area contributed by atoms with E-state index in [0.717, 1.165) is 11.1 Å². The highest BCUT2D eigenvalue weighted by atomic mass is 35.5. The first-order valence-corrected chi connectivity index (χ1v) is 8.23. The third-order valence-electron chi connectivity index (χ3n) is 3.31. The first-order chi connectivity index (χ1) is 9.46. The number of benzene rings is 2. The molecule has 0 heterocycles. The SMILES string of the molecule is Cc1ccccc1[C@@H](C[NH3+])S(=O)(=O)c1ccc(Cl)cc1. The Morgan fingerprint density at radius 2 is 1.70 bits per heavy atom. The highest BCUT2D eigenvalue weighted by molar-refractivity contribution is 7.91. The maximum atomic E-state index is 12.7. The Kier molecular flexibility index (Phi) is 4.48. The van der Waals surface area contributed by atoms with Gasteiger partial charge in [-0.1, -0.05) is 35.9 Å². The van der Waals surface area contributed by atoms with Crippen LogP contribution in [0.4, 0.5) is 0 Å². The second-order valence-electron chi connectivity index (χ2n) is 4.63. The van der Waals surface area contributed by atoms with E-state index in [1.54, 1.807) is 24.3 Å². The van der Waals surface area contributed by atoms with E-state index in [1.165, 1.54) is 0 Å². The van der Waals surface area contributed by atoms with Gasteiger partial charge in [-0.15, -0.1) is 0 Å². The van der Waals surface area contributed by atoms with Crippen molar-refractivity contribution < 1.29 is 14.2 Å². The first kappa shape index (κ1) is 15.0. The zero-order valence-corrected chi connectivity index (χ0v) is 12.8. The number of rotatable bonds is 4. The van der Waals surface area contributed by atoms with Gasteiger partial charge in [0.15, 0.2) is 9.84 Å². The average molecular weight is 311 g/mol. The summed E-state index contributed by atoms with van der Waals surface area (Å²) in [5, 5.41) is -0.115. The molecule has 0 spiro atoms. The van der Waals surface area contributed by atoms with Gasteiger partial charge in [0.2, 0.25) is 0 Å². The minimum absolute atomic E-state index is 0.277. The number of hydrogen-bond donors (Lipinski definition) is 1. The van der Waals surface area contributed by atoms with E-state index >= 15 is 0 Å². The Bertz CT molecular complexity index is 696. The molecule has 2 rings (SSSR count). The van der Waals surface area contributed by atoms with Gasteiger partial charge in [0.25, 0.3) is 0 Å². The molecule has 106 valence electrons. The Hall–Kier alpha value is -1.36. The lowest BCUT2D eigenvalue weighted by Gasteiger charge is -2.17. The van der Waals surface area contributed by atoms with Crippen molar-refractivity contribution in [2.75, 3.05) is 6.54 Å². The molecular weight excluding hydrogens is 294 g/mol. The van der Waals surface area contributed by atoms with Gasteiger partial charge in [-0.05, 0) is 42.3 Å². The van der Waals surface area contributed by atoms with Crippen LogP contribution in [0, 0.1) is 6.92 Å². The molecule has 0 unspecified atom stereocenters. The Balaban J connectivity index is 2.51. The van der Waals surface area contributed by atoms with E-state index in [1.807, 2.05) is 31.2 Å². The van der Waals surface area contributed by atoms with Gasteiger partial charge in [-0.25, -0.2) is 8.42 Å². The quantitative estimate of drug-likeness (QED) is 0.942. The maximum absolute atomic E-state index is 12.7. The van der Waals surface area contributed by atoms with E-state index in [2.05, 4.69) is 5.73 Å². The molecule has 0 bridgehead atoms. The van der Waals surface area contributed by atoms with Gasteiger partial charge < -0.3 is 5.73 Å². The molecular formula is C15H17ClNO2S+. The lowest BCUT2D eigenvalue weighted by atomic mass is 10.1. The van der Waals surface area contributed by atoms with Crippen LogP contribution >= 0.6 is 11.6 Å². The van der Waals surface area contributed by atoms with Crippen molar-refractivity contribution in [3.8, 4) is 0 Å². The zero-order valence-electron chi connectivity index (χ0n) is 11.2. The molecule has 3 N–H and O–H groups in total. The van der Waals surface area contributed by atoms with Gasteiger partial charge in [0.05, 0.1) is 11.4 Å². The molecule has 0 saturated heterocycles. The summed E-state index contributed by atoms with van der Waals surface area (Å²) in [5.41, 5.74) is 5.57. The molecule has 20 heavy (non-hydrogen) atoms. The molecule has 2 aromatic rings. The summed E-state index contributed by atoms with van der Waals surface area (Å²) < 4.78 is 25.5. The number of hydrogen-bond acceptors (Lipinski definition) is 2. The molecule has 0 aliphatic rings. The third-order valence-corrected chi connectivity index (χ3v) is 5.73. The van der Waals surface area contributed by atoms with Gasteiger partial charge in [-0.2, -0.15) is 0 Å². The minimum atomic E-state index is -3.46. The molecule has 0 fully saturated rings. The highest BCUT2D eigenvalue weighted by Crippen LogP contribution is 2.30. The van der Waals surface area contributed by atoms with Gasteiger partial charge >= 0.3 is 0 Å². The van der Waals surface area contributed by atoms with Crippen molar-refractivity contribution in [2.24, 2.45) is 0 Å². The monoisotopic (exact) mass is 310 g/mol. The predicted octanol–water partition coefficient (Wildman–Crippen LogP) is 2.41. The van der Waals surface area contributed by atoms with Crippen molar-refractivity contribution in [3.63, 3.8) is 0 Å². The van der Waals surface area contributed by atoms with Crippen LogP contribution in [0.25, 0.3) is 0 Å². The number of halogens is 1. The van der Waals surface area contributed by atoms with Crippen LogP contribution < -0.4 is 5.73 Å². The molecule has 3 nitrogen and oxygen atoms in total. The molecule has 1 atom stereocenters. The standard InChI is InChI=1S/C15H16ClNO2S/c1-11-4-2-3-5-14(11)15(10-17)20(18,19)13-8-6-12(16)7-9-13/h2-9,15H,10,17H2,1H3/p+1/t15-/m1/s1. The molecule has 2 aromatic carbocycles. The van der Waals surface area contributed by atoms with Crippen molar-refractivity contribution in [1.29, 1.82) is 0 Å². The number of quaternary nitrogens is 1. The van der Waals surface area contributed by atoms with Crippen LogP contribution in [0.2, 0.25) is 5.02 Å². The van der Waals surface area contributed by atoms with Gasteiger partial charge in [-0.3, -0.25) is 0 Å². The van der Waals surface area contributed by atoms with E-state index in [9.17, 15) is 8.42 Å². The summed E-state index contributed by atoms with van der Waals surface area (Å²) in [6.45, 7) is 2.20. The van der Waals surface area contributed by atoms with Crippen LogP contribution in [0.15, 0.2) is 53.4 Å². The summed E-state index contributed by atoms with van der Waals surface area (Å²) in [7, 11) is -3.46. The Morgan fingerprint density at radius 3 is 2.25 bits per heavy atom. The molecule has 5 heteroatoms. The van der Waals surface area contributed by atoms with Crippen molar-refractivity contribution in [3.05, 3.63) is 64.7 Å².